The fourth-order valence-corrected chi connectivity index (χ4v) is 2.63. The number of pyridine rings is 1. The average molecular weight is 353 g/mol. The summed E-state index contributed by atoms with van der Waals surface area (Å²) in [5.74, 6) is 0.311. The van der Waals surface area contributed by atoms with Gasteiger partial charge in [-0.05, 0) is 24.6 Å². The molecule has 3 rings (SSSR count). The predicted molar refractivity (Wildman–Crippen MR) is 95.7 cm³/mol. The van der Waals surface area contributed by atoms with Crippen LogP contribution in [0.2, 0.25) is 0 Å². The van der Waals surface area contributed by atoms with E-state index in [0.29, 0.717) is 11.3 Å². The number of aromatic nitrogens is 3. The summed E-state index contributed by atoms with van der Waals surface area (Å²) in [4.78, 5) is 24.2. The quantitative estimate of drug-likeness (QED) is 0.687. The van der Waals surface area contributed by atoms with E-state index in [2.05, 4.69) is 20.8 Å². The van der Waals surface area contributed by atoms with Crippen LogP contribution < -0.4 is 10.6 Å². The fourth-order valence-electron chi connectivity index (χ4n) is 2.63. The van der Waals surface area contributed by atoms with E-state index in [4.69, 9.17) is 4.74 Å². The Morgan fingerprint density at radius 3 is 2.65 bits per heavy atom. The zero-order chi connectivity index (χ0) is 18.5. The van der Waals surface area contributed by atoms with Gasteiger partial charge in [-0.2, -0.15) is 0 Å². The van der Waals surface area contributed by atoms with Crippen molar-refractivity contribution in [3.05, 3.63) is 60.0 Å². The smallest absolute Gasteiger partial charge is 0.319 e. The largest absolute Gasteiger partial charge is 0.469 e. The van der Waals surface area contributed by atoms with E-state index in [-0.39, 0.29) is 6.42 Å². The lowest BCUT2D eigenvalue weighted by atomic mass is 10.0. The van der Waals surface area contributed by atoms with Crippen LogP contribution in [0.15, 0.2) is 48.7 Å². The van der Waals surface area contributed by atoms with Gasteiger partial charge in [-0.3, -0.25) is 9.20 Å². The summed E-state index contributed by atoms with van der Waals surface area (Å²) >= 11 is 0. The normalized spacial score (nSPS) is 11.8. The Morgan fingerprint density at radius 1 is 1.15 bits per heavy atom. The molecule has 0 radical (unpaired) electrons. The first-order chi connectivity index (χ1) is 12.6. The lowest BCUT2D eigenvalue weighted by Crippen LogP contribution is -2.34. The van der Waals surface area contributed by atoms with Gasteiger partial charge in [-0.15, -0.1) is 10.2 Å². The van der Waals surface area contributed by atoms with Gasteiger partial charge in [-0.25, -0.2) is 4.79 Å². The number of carbonyl (C=O) groups excluding carboxylic acids is 2. The van der Waals surface area contributed by atoms with Crippen molar-refractivity contribution in [2.24, 2.45) is 0 Å². The van der Waals surface area contributed by atoms with Gasteiger partial charge >= 0.3 is 12.0 Å². The van der Waals surface area contributed by atoms with Crippen LogP contribution in [-0.2, 0) is 9.53 Å². The van der Waals surface area contributed by atoms with Gasteiger partial charge in [0.25, 0.3) is 0 Å². The zero-order valence-corrected chi connectivity index (χ0v) is 14.5. The summed E-state index contributed by atoms with van der Waals surface area (Å²) in [6.45, 7) is 1.83. The molecular formula is C18H19N5O3. The third kappa shape index (κ3) is 3.80. The maximum Gasteiger partial charge on any atom is 0.319 e. The molecule has 8 nitrogen and oxygen atoms in total. The van der Waals surface area contributed by atoms with Crippen molar-refractivity contribution < 1.29 is 14.3 Å². The number of nitrogens with zero attached hydrogens (tertiary/aromatic N) is 3. The number of rotatable bonds is 5. The molecular weight excluding hydrogens is 334 g/mol. The number of fused-ring (bicyclic) bond motifs is 1. The van der Waals surface area contributed by atoms with E-state index in [1.54, 1.807) is 16.5 Å². The summed E-state index contributed by atoms with van der Waals surface area (Å²) in [5, 5.41) is 13.6. The van der Waals surface area contributed by atoms with Crippen LogP contribution >= 0.6 is 0 Å². The van der Waals surface area contributed by atoms with Crippen LogP contribution in [0.25, 0.3) is 5.65 Å². The number of carbonyl (C=O) groups is 2. The number of hydrogen-bond acceptors (Lipinski definition) is 5. The van der Waals surface area contributed by atoms with Crippen LogP contribution in [-0.4, -0.2) is 33.7 Å². The van der Waals surface area contributed by atoms with Crippen molar-refractivity contribution >= 4 is 23.3 Å². The summed E-state index contributed by atoms with van der Waals surface area (Å²) < 4.78 is 6.51. The lowest BCUT2D eigenvalue weighted by molar-refractivity contribution is -0.141. The molecule has 0 fully saturated rings. The Kier molecular flexibility index (Phi) is 5.12. The van der Waals surface area contributed by atoms with Crippen LogP contribution in [0.5, 0.6) is 0 Å². The summed E-state index contributed by atoms with van der Waals surface area (Å²) in [7, 11) is 1.32. The standard InChI is InChI=1S/C18H19N5O3/c1-12-21-22-17-14(9-6-10-23(12)17)19-18(25)20-15(11-16(24)26-2)13-7-4-3-5-8-13/h3-10,15H,11H2,1-2H3,(H2,19,20,25)/t15-/m1/s1. The fraction of sp³-hybridized carbons (Fsp3) is 0.222. The number of methoxy groups -OCH3 is 1. The first-order valence-electron chi connectivity index (χ1n) is 8.08. The molecule has 0 saturated heterocycles. The molecule has 2 aromatic heterocycles. The third-order valence-corrected chi connectivity index (χ3v) is 3.96. The van der Waals surface area contributed by atoms with Gasteiger partial charge in [0, 0.05) is 6.20 Å². The second kappa shape index (κ2) is 7.64. The maximum atomic E-state index is 12.5. The molecule has 3 aromatic rings. The number of esters is 1. The van der Waals surface area contributed by atoms with Gasteiger partial charge in [0.05, 0.1) is 25.3 Å². The Hall–Kier alpha value is -3.42. The zero-order valence-electron chi connectivity index (χ0n) is 14.5. The number of anilines is 1. The molecule has 1 aromatic carbocycles. The van der Waals surface area contributed by atoms with Gasteiger partial charge in [0.1, 0.15) is 5.82 Å². The second-order valence-corrected chi connectivity index (χ2v) is 5.70. The maximum absolute atomic E-state index is 12.5. The number of aryl methyl sites for hydroxylation is 1. The minimum absolute atomic E-state index is 0.0299. The van der Waals surface area contributed by atoms with Crippen molar-refractivity contribution in [2.75, 3.05) is 12.4 Å². The SMILES string of the molecule is COC(=O)C[C@@H](NC(=O)Nc1cccn2c(C)nnc12)c1ccccc1. The highest BCUT2D eigenvalue weighted by atomic mass is 16.5. The molecule has 0 spiro atoms. The Morgan fingerprint density at radius 2 is 1.92 bits per heavy atom. The van der Waals surface area contributed by atoms with E-state index < -0.39 is 18.0 Å². The number of amides is 2. The number of urea groups is 1. The number of ether oxygens (including phenoxy) is 1. The Balaban J connectivity index is 1.78. The summed E-state index contributed by atoms with van der Waals surface area (Å²) in [6, 6.07) is 11.8. The molecule has 0 aliphatic carbocycles. The number of benzene rings is 1. The topological polar surface area (TPSA) is 97.6 Å². The van der Waals surface area contributed by atoms with Crippen LogP contribution in [0.1, 0.15) is 23.9 Å². The molecule has 0 saturated carbocycles. The highest BCUT2D eigenvalue weighted by Gasteiger charge is 2.19. The monoisotopic (exact) mass is 353 g/mol. The highest BCUT2D eigenvalue weighted by molar-refractivity contribution is 5.93. The molecule has 1 atom stereocenters. The first kappa shape index (κ1) is 17.4. The van der Waals surface area contributed by atoms with E-state index in [9.17, 15) is 9.59 Å². The summed E-state index contributed by atoms with van der Waals surface area (Å²) in [6.07, 6.45) is 1.85. The van der Waals surface area contributed by atoms with Crippen LogP contribution in [0.4, 0.5) is 10.5 Å². The van der Waals surface area contributed by atoms with Gasteiger partial charge in [0.2, 0.25) is 0 Å². The molecule has 0 bridgehead atoms. The summed E-state index contributed by atoms with van der Waals surface area (Å²) in [5.41, 5.74) is 1.88. The Labute approximate surface area is 150 Å². The van der Waals surface area contributed by atoms with E-state index in [1.165, 1.54) is 7.11 Å². The Bertz CT molecular complexity index is 923. The van der Waals surface area contributed by atoms with Crippen molar-refractivity contribution in [1.29, 1.82) is 0 Å². The molecule has 2 N–H and O–H groups in total. The van der Waals surface area contributed by atoms with Crippen molar-refractivity contribution in [3.63, 3.8) is 0 Å². The van der Waals surface area contributed by atoms with Gasteiger partial charge in [-0.1, -0.05) is 30.3 Å². The van der Waals surface area contributed by atoms with Crippen LogP contribution in [0.3, 0.4) is 0 Å². The minimum atomic E-state index is -0.511. The number of nitrogens with one attached hydrogen (secondary N) is 2. The first-order valence-corrected chi connectivity index (χ1v) is 8.08. The van der Waals surface area contributed by atoms with Crippen molar-refractivity contribution in [3.8, 4) is 0 Å². The molecule has 2 heterocycles. The molecule has 134 valence electrons. The minimum Gasteiger partial charge on any atom is -0.469 e. The second-order valence-electron chi connectivity index (χ2n) is 5.70. The van der Waals surface area contributed by atoms with Gasteiger partial charge in [0.15, 0.2) is 5.65 Å². The van der Waals surface area contributed by atoms with Crippen molar-refractivity contribution in [2.45, 2.75) is 19.4 Å². The van der Waals surface area contributed by atoms with E-state index >= 15 is 0 Å². The number of hydrogen-bond donors (Lipinski definition) is 2. The molecule has 0 aliphatic heterocycles. The van der Waals surface area contributed by atoms with Gasteiger partial charge < -0.3 is 15.4 Å². The predicted octanol–water partition coefficient (Wildman–Crippen LogP) is 2.46. The molecule has 0 aliphatic rings. The van der Waals surface area contributed by atoms with Crippen molar-refractivity contribution in [1.82, 2.24) is 19.9 Å². The molecule has 0 unspecified atom stereocenters. The van der Waals surface area contributed by atoms with E-state index in [1.807, 2.05) is 43.5 Å². The van der Waals surface area contributed by atoms with Crippen LogP contribution in [0, 0.1) is 6.92 Å². The highest BCUT2D eigenvalue weighted by Crippen LogP contribution is 2.19. The molecule has 26 heavy (non-hydrogen) atoms. The third-order valence-electron chi connectivity index (χ3n) is 3.96. The molecule has 8 heteroatoms. The molecule has 2 amide bonds. The van der Waals surface area contributed by atoms with E-state index in [0.717, 1.165) is 11.4 Å². The average Bonchev–Trinajstić information content (AvgIpc) is 3.04. The lowest BCUT2D eigenvalue weighted by Gasteiger charge is -2.18.